The molecular formula is C21H21NO6. The standard InChI is InChI=1S/C21H21NO6/c1-4-26-21(25)13-5-7-14(8-6-13)28-18-12-27-20-15(19(18)24)9-10-17(23)16(20)11-22(2)3/h5-10,12,23H,4,11H2,1-3H3. The van der Waals surface area contributed by atoms with Crippen molar-refractivity contribution in [1.29, 1.82) is 0 Å². The zero-order chi connectivity index (χ0) is 20.3. The predicted molar refractivity (Wildman–Crippen MR) is 104 cm³/mol. The third kappa shape index (κ3) is 3.99. The van der Waals surface area contributed by atoms with E-state index in [0.717, 1.165) is 0 Å². The van der Waals surface area contributed by atoms with Crippen molar-refractivity contribution in [2.75, 3.05) is 20.7 Å². The highest BCUT2D eigenvalue weighted by atomic mass is 16.5. The third-order valence-electron chi connectivity index (χ3n) is 4.06. The van der Waals surface area contributed by atoms with E-state index in [1.54, 1.807) is 31.2 Å². The monoisotopic (exact) mass is 383 g/mol. The van der Waals surface area contributed by atoms with Crippen LogP contribution in [0.1, 0.15) is 22.8 Å². The van der Waals surface area contributed by atoms with Crippen LogP contribution in [0.15, 0.2) is 51.9 Å². The van der Waals surface area contributed by atoms with Crippen molar-refractivity contribution in [2.24, 2.45) is 0 Å². The summed E-state index contributed by atoms with van der Waals surface area (Å²) < 4.78 is 16.2. The first kappa shape index (κ1) is 19.4. The van der Waals surface area contributed by atoms with E-state index in [2.05, 4.69) is 0 Å². The Morgan fingerprint density at radius 1 is 1.14 bits per heavy atom. The zero-order valence-electron chi connectivity index (χ0n) is 15.9. The Labute approximate surface area is 161 Å². The number of phenolic OH excluding ortho intramolecular Hbond substituents is 1. The normalized spacial score (nSPS) is 11.0. The summed E-state index contributed by atoms with van der Waals surface area (Å²) in [6.45, 7) is 2.44. The molecule has 7 nitrogen and oxygen atoms in total. The second-order valence-electron chi connectivity index (χ2n) is 6.45. The SMILES string of the molecule is CCOC(=O)c1ccc(Oc2coc3c(CN(C)C)c(O)ccc3c2=O)cc1. The van der Waals surface area contributed by atoms with Crippen LogP contribution in [0.25, 0.3) is 11.0 Å². The van der Waals surface area contributed by atoms with Gasteiger partial charge < -0.3 is 23.9 Å². The molecule has 3 rings (SSSR count). The molecule has 0 fully saturated rings. The maximum absolute atomic E-state index is 12.8. The Morgan fingerprint density at radius 2 is 1.86 bits per heavy atom. The molecule has 1 heterocycles. The molecule has 1 aromatic heterocycles. The van der Waals surface area contributed by atoms with E-state index in [1.165, 1.54) is 18.4 Å². The van der Waals surface area contributed by atoms with Gasteiger partial charge in [-0.15, -0.1) is 0 Å². The lowest BCUT2D eigenvalue weighted by Gasteiger charge is -2.13. The van der Waals surface area contributed by atoms with Crippen molar-refractivity contribution < 1.29 is 23.8 Å². The van der Waals surface area contributed by atoms with Gasteiger partial charge in [0.05, 0.1) is 23.1 Å². The van der Waals surface area contributed by atoms with Crippen LogP contribution in [0, 0.1) is 0 Å². The summed E-state index contributed by atoms with van der Waals surface area (Å²) in [5.41, 5.74) is 0.896. The summed E-state index contributed by atoms with van der Waals surface area (Å²) in [6.07, 6.45) is 1.22. The Hall–Kier alpha value is -3.32. The minimum absolute atomic E-state index is 0.0119. The van der Waals surface area contributed by atoms with Gasteiger partial charge in [0.15, 0.2) is 0 Å². The maximum atomic E-state index is 12.8. The maximum Gasteiger partial charge on any atom is 0.338 e. The number of carbonyl (C=O) groups excluding carboxylic acids is 1. The van der Waals surface area contributed by atoms with Gasteiger partial charge in [0.25, 0.3) is 0 Å². The molecule has 7 heteroatoms. The summed E-state index contributed by atoms with van der Waals surface area (Å²) in [6, 6.07) is 9.24. The molecule has 2 aromatic carbocycles. The number of ether oxygens (including phenoxy) is 2. The molecule has 28 heavy (non-hydrogen) atoms. The third-order valence-corrected chi connectivity index (χ3v) is 4.06. The van der Waals surface area contributed by atoms with Gasteiger partial charge in [0.2, 0.25) is 11.2 Å². The first-order chi connectivity index (χ1) is 13.4. The van der Waals surface area contributed by atoms with Crippen LogP contribution in [0.2, 0.25) is 0 Å². The van der Waals surface area contributed by atoms with Crippen LogP contribution in [0.4, 0.5) is 0 Å². The highest BCUT2D eigenvalue weighted by molar-refractivity contribution is 5.89. The number of benzene rings is 2. The fourth-order valence-corrected chi connectivity index (χ4v) is 2.77. The number of rotatable bonds is 6. The molecule has 0 spiro atoms. The summed E-state index contributed by atoms with van der Waals surface area (Å²) in [5.74, 6) is 0.0324. The number of phenols is 1. The first-order valence-electron chi connectivity index (χ1n) is 8.76. The number of nitrogens with zero attached hydrogens (tertiary/aromatic N) is 1. The Morgan fingerprint density at radius 3 is 2.50 bits per heavy atom. The predicted octanol–water partition coefficient (Wildman–Crippen LogP) is 3.53. The summed E-state index contributed by atoms with van der Waals surface area (Å²) >= 11 is 0. The van der Waals surface area contributed by atoms with Gasteiger partial charge in [-0.25, -0.2) is 4.79 Å². The largest absolute Gasteiger partial charge is 0.507 e. The van der Waals surface area contributed by atoms with Crippen LogP contribution in [0.5, 0.6) is 17.2 Å². The van der Waals surface area contributed by atoms with E-state index >= 15 is 0 Å². The molecule has 0 unspecified atom stereocenters. The molecule has 3 aromatic rings. The lowest BCUT2D eigenvalue weighted by atomic mass is 10.1. The highest BCUT2D eigenvalue weighted by Crippen LogP contribution is 2.29. The summed E-state index contributed by atoms with van der Waals surface area (Å²) in [5, 5.41) is 10.4. The van der Waals surface area contributed by atoms with Gasteiger partial charge in [0, 0.05) is 6.54 Å². The average molecular weight is 383 g/mol. The van der Waals surface area contributed by atoms with Crippen molar-refractivity contribution >= 4 is 16.9 Å². The van der Waals surface area contributed by atoms with Gasteiger partial charge in [-0.3, -0.25) is 4.79 Å². The van der Waals surface area contributed by atoms with E-state index in [-0.39, 0.29) is 16.9 Å². The highest BCUT2D eigenvalue weighted by Gasteiger charge is 2.16. The van der Waals surface area contributed by atoms with Crippen LogP contribution >= 0.6 is 0 Å². The Bertz CT molecular complexity index is 1050. The lowest BCUT2D eigenvalue weighted by Crippen LogP contribution is -2.12. The van der Waals surface area contributed by atoms with Crippen molar-refractivity contribution in [1.82, 2.24) is 4.90 Å². The first-order valence-corrected chi connectivity index (χ1v) is 8.76. The second-order valence-corrected chi connectivity index (χ2v) is 6.45. The molecule has 0 amide bonds. The lowest BCUT2D eigenvalue weighted by molar-refractivity contribution is 0.0526. The average Bonchev–Trinajstić information content (AvgIpc) is 2.66. The van der Waals surface area contributed by atoms with Crippen molar-refractivity contribution in [3.63, 3.8) is 0 Å². The quantitative estimate of drug-likeness (QED) is 0.651. The van der Waals surface area contributed by atoms with Gasteiger partial charge in [-0.2, -0.15) is 0 Å². The van der Waals surface area contributed by atoms with Gasteiger partial charge in [-0.05, 0) is 57.4 Å². The van der Waals surface area contributed by atoms with Gasteiger partial charge in [-0.1, -0.05) is 0 Å². The van der Waals surface area contributed by atoms with E-state index < -0.39 is 5.97 Å². The molecular weight excluding hydrogens is 362 g/mol. The molecule has 146 valence electrons. The molecule has 0 aliphatic rings. The molecule has 0 bridgehead atoms. The van der Waals surface area contributed by atoms with E-state index in [1.807, 2.05) is 19.0 Å². The van der Waals surface area contributed by atoms with Crippen molar-refractivity contribution in [3.05, 3.63) is 64.0 Å². The van der Waals surface area contributed by atoms with Crippen molar-refractivity contribution in [3.8, 4) is 17.2 Å². The number of carbonyl (C=O) groups is 1. The minimum Gasteiger partial charge on any atom is -0.507 e. The van der Waals surface area contributed by atoms with E-state index in [0.29, 0.717) is 41.0 Å². The molecule has 0 atom stereocenters. The van der Waals surface area contributed by atoms with Crippen LogP contribution < -0.4 is 10.2 Å². The molecule has 0 aliphatic heterocycles. The second kappa shape index (κ2) is 8.14. The van der Waals surface area contributed by atoms with Crippen molar-refractivity contribution in [2.45, 2.75) is 13.5 Å². The fraction of sp³-hybridized carbons (Fsp3) is 0.238. The molecule has 0 saturated heterocycles. The number of fused-ring (bicyclic) bond motifs is 1. The summed E-state index contributed by atoms with van der Waals surface area (Å²) in [4.78, 5) is 26.4. The van der Waals surface area contributed by atoms with Gasteiger partial charge in [0.1, 0.15) is 23.3 Å². The fourth-order valence-electron chi connectivity index (χ4n) is 2.77. The summed E-state index contributed by atoms with van der Waals surface area (Å²) in [7, 11) is 3.71. The molecule has 1 N–H and O–H groups in total. The Balaban J connectivity index is 1.92. The van der Waals surface area contributed by atoms with Crippen LogP contribution in [-0.2, 0) is 11.3 Å². The molecule has 0 radical (unpaired) electrons. The molecule has 0 aliphatic carbocycles. The van der Waals surface area contributed by atoms with Crippen LogP contribution in [-0.4, -0.2) is 36.7 Å². The van der Waals surface area contributed by atoms with E-state index in [9.17, 15) is 14.7 Å². The smallest absolute Gasteiger partial charge is 0.338 e. The number of hydrogen-bond donors (Lipinski definition) is 1. The van der Waals surface area contributed by atoms with Crippen LogP contribution in [0.3, 0.4) is 0 Å². The number of hydrogen-bond acceptors (Lipinski definition) is 7. The topological polar surface area (TPSA) is 89.2 Å². The van der Waals surface area contributed by atoms with Gasteiger partial charge >= 0.3 is 5.97 Å². The minimum atomic E-state index is -0.424. The Kier molecular flexibility index (Phi) is 5.65. The zero-order valence-corrected chi connectivity index (χ0v) is 15.9. The molecule has 0 saturated carbocycles. The van der Waals surface area contributed by atoms with E-state index in [4.69, 9.17) is 13.9 Å². The number of aromatic hydroxyl groups is 1. The number of esters is 1.